The molecule has 0 amide bonds. The molecule has 5 rings (SSSR count). The number of hydrogen-bond donors (Lipinski definition) is 1. The average Bonchev–Trinajstić information content (AvgIpc) is 3.21. The molecule has 3 aromatic carbocycles. The molecule has 0 fully saturated rings. The van der Waals surface area contributed by atoms with Gasteiger partial charge < -0.3 is 9.52 Å². The Balaban J connectivity index is 0.000000468. The molecule has 0 saturated carbocycles. The van der Waals surface area contributed by atoms with Crippen LogP contribution in [0.3, 0.4) is 0 Å². The first-order chi connectivity index (χ1) is 17.9. The molecule has 0 bridgehead atoms. The van der Waals surface area contributed by atoms with Gasteiger partial charge in [-0.05, 0) is 38.3 Å². The van der Waals surface area contributed by atoms with E-state index in [1.807, 2.05) is 6.20 Å². The summed E-state index contributed by atoms with van der Waals surface area (Å²) in [5.74, 6) is 0.515. The summed E-state index contributed by atoms with van der Waals surface area (Å²) in [7, 11) is -1.41. The van der Waals surface area contributed by atoms with Crippen LogP contribution in [0.2, 0.25) is 19.6 Å². The van der Waals surface area contributed by atoms with Gasteiger partial charge in [0.2, 0.25) is 0 Å². The van der Waals surface area contributed by atoms with Crippen molar-refractivity contribution in [3.05, 3.63) is 84.3 Å². The van der Waals surface area contributed by atoms with E-state index < -0.39 is 8.07 Å². The summed E-state index contributed by atoms with van der Waals surface area (Å²) in [5, 5.41) is 14.5. The molecule has 205 valence electrons. The van der Waals surface area contributed by atoms with E-state index in [0.717, 1.165) is 39.6 Å². The van der Waals surface area contributed by atoms with Gasteiger partial charge in [0, 0.05) is 48.8 Å². The minimum atomic E-state index is -1.41. The molecule has 6 heteroatoms. The van der Waals surface area contributed by atoms with Crippen molar-refractivity contribution >= 4 is 51.8 Å². The van der Waals surface area contributed by atoms with Gasteiger partial charge in [-0.25, -0.2) is 0 Å². The summed E-state index contributed by atoms with van der Waals surface area (Å²) < 4.78 is 6.37. The predicted molar refractivity (Wildman–Crippen MR) is 162 cm³/mol. The number of allylic oxidation sites excluding steroid dienone is 2. The normalized spacial score (nSPS) is 11.9. The van der Waals surface area contributed by atoms with Crippen molar-refractivity contribution in [3.8, 4) is 11.3 Å². The summed E-state index contributed by atoms with van der Waals surface area (Å²) >= 11 is 0. The average molecular weight is 715 g/mol. The minimum Gasteiger partial charge on any atom is -0.512 e. The Labute approximate surface area is 245 Å². The van der Waals surface area contributed by atoms with Crippen LogP contribution in [0.25, 0.3) is 44.0 Å². The van der Waals surface area contributed by atoms with Gasteiger partial charge in [-0.2, -0.15) is 0 Å². The van der Waals surface area contributed by atoms with Crippen LogP contribution < -0.4 is 5.19 Å². The second-order valence-corrected chi connectivity index (χ2v) is 16.4. The summed E-state index contributed by atoms with van der Waals surface area (Å²) in [4.78, 5) is 14.8. The first-order valence-electron chi connectivity index (χ1n) is 13.1. The van der Waals surface area contributed by atoms with E-state index in [1.165, 1.54) is 41.4 Å². The van der Waals surface area contributed by atoms with Crippen LogP contribution in [-0.2, 0) is 31.3 Å². The standard InChI is InChI=1S/C28H28NOSi.C5H8O2.Ir/c1-18(2)14-20-16-21(15-19-8-6-7-9-23(19)20)27-28-24(12-13-29-27)25-17-22(31(3,4)5)10-11-26(25)30-28;1-4(6)3-5(2)7;/h6-13,16-18H,14H2,1-5H3;3,6H,1-2H3;/q-1;;/b;4-3-;. The van der Waals surface area contributed by atoms with E-state index in [-0.39, 0.29) is 31.6 Å². The molecule has 0 aliphatic carbocycles. The summed E-state index contributed by atoms with van der Waals surface area (Å²) in [6, 6.07) is 23.1. The summed E-state index contributed by atoms with van der Waals surface area (Å²) in [6.45, 7) is 14.5. The van der Waals surface area contributed by atoms with Crippen LogP contribution in [-0.4, -0.2) is 23.9 Å². The van der Waals surface area contributed by atoms with Crippen LogP contribution in [0.4, 0.5) is 0 Å². The Bertz CT molecular complexity index is 1660. The Morgan fingerprint density at radius 1 is 1.03 bits per heavy atom. The largest absolute Gasteiger partial charge is 0.512 e. The van der Waals surface area contributed by atoms with Crippen molar-refractivity contribution in [2.45, 2.75) is 53.8 Å². The van der Waals surface area contributed by atoms with Crippen molar-refractivity contribution < 1.29 is 34.4 Å². The molecule has 4 nitrogen and oxygen atoms in total. The first-order valence-corrected chi connectivity index (χ1v) is 16.6. The fraction of sp³-hybridized carbons (Fsp3) is 0.273. The fourth-order valence-electron chi connectivity index (χ4n) is 4.70. The number of fused-ring (bicyclic) bond motifs is 4. The van der Waals surface area contributed by atoms with Gasteiger partial charge in [-0.3, -0.25) is 9.78 Å². The third-order valence-corrected chi connectivity index (χ3v) is 8.45. The monoisotopic (exact) mass is 715 g/mol. The number of nitrogens with zero attached hydrogens (tertiary/aromatic N) is 1. The second-order valence-electron chi connectivity index (χ2n) is 11.3. The molecule has 5 aromatic rings. The molecule has 1 radical (unpaired) electrons. The Kier molecular flexibility index (Phi) is 9.71. The Morgan fingerprint density at radius 3 is 2.36 bits per heavy atom. The van der Waals surface area contributed by atoms with E-state index >= 15 is 0 Å². The van der Waals surface area contributed by atoms with Gasteiger partial charge in [-0.15, -0.1) is 29.1 Å². The zero-order valence-corrected chi connectivity index (χ0v) is 27.1. The SMILES string of the molecule is CC(=O)/C=C(/C)O.CC(C)Cc1cc(-c2nccc3c2oc2ccc([Si](C)(C)C)cc23)[c-]c2ccccc12.[Ir]. The number of carbonyl (C=O) groups excluding carboxylic acids is 1. The maximum absolute atomic E-state index is 10.0. The maximum Gasteiger partial charge on any atom is 0.155 e. The van der Waals surface area contributed by atoms with Crippen molar-refractivity contribution in [1.29, 1.82) is 0 Å². The number of ketones is 1. The number of benzene rings is 3. The number of aliphatic hydroxyl groups excluding tert-OH is 1. The van der Waals surface area contributed by atoms with Gasteiger partial charge >= 0.3 is 0 Å². The number of carbonyl (C=O) groups is 1. The predicted octanol–water partition coefficient (Wildman–Crippen LogP) is 8.38. The zero-order valence-electron chi connectivity index (χ0n) is 23.7. The number of aliphatic hydroxyl groups is 1. The van der Waals surface area contributed by atoms with Crippen molar-refractivity contribution in [2.24, 2.45) is 5.92 Å². The van der Waals surface area contributed by atoms with Crippen LogP contribution in [0, 0.1) is 12.0 Å². The molecular weight excluding hydrogens is 679 g/mol. The number of furan rings is 1. The van der Waals surface area contributed by atoms with Gasteiger partial charge in [-0.1, -0.05) is 80.0 Å². The van der Waals surface area contributed by atoms with Gasteiger partial charge in [0.15, 0.2) is 5.78 Å². The van der Waals surface area contributed by atoms with Crippen LogP contribution >= 0.6 is 0 Å². The Morgan fingerprint density at radius 2 is 1.74 bits per heavy atom. The van der Waals surface area contributed by atoms with E-state index in [2.05, 4.69) is 94.2 Å². The van der Waals surface area contributed by atoms with E-state index in [9.17, 15) is 4.79 Å². The third kappa shape index (κ3) is 7.13. The molecule has 0 atom stereocenters. The quantitative estimate of drug-likeness (QED) is 0.0861. The van der Waals surface area contributed by atoms with Crippen molar-refractivity contribution in [2.75, 3.05) is 0 Å². The van der Waals surface area contributed by atoms with E-state index in [0.29, 0.717) is 5.92 Å². The zero-order chi connectivity index (χ0) is 27.6. The molecule has 2 aromatic heterocycles. The molecule has 0 spiro atoms. The van der Waals surface area contributed by atoms with Gasteiger partial charge in [0.25, 0.3) is 0 Å². The molecule has 0 saturated heterocycles. The van der Waals surface area contributed by atoms with Crippen LogP contribution in [0.1, 0.15) is 33.3 Å². The minimum absolute atomic E-state index is 0. The second kappa shape index (κ2) is 12.4. The van der Waals surface area contributed by atoms with E-state index in [1.54, 1.807) is 0 Å². The third-order valence-electron chi connectivity index (χ3n) is 6.41. The van der Waals surface area contributed by atoms with Crippen molar-refractivity contribution in [1.82, 2.24) is 4.98 Å². The Hall–Kier alpha value is -3.05. The first kappa shape index (κ1) is 30.5. The topological polar surface area (TPSA) is 63.3 Å². The molecule has 0 aliphatic rings. The fourth-order valence-corrected chi connectivity index (χ4v) is 5.86. The van der Waals surface area contributed by atoms with Gasteiger partial charge in [0.1, 0.15) is 11.2 Å². The molecule has 0 aliphatic heterocycles. The molecular formula is C33H36IrNO3Si-. The molecule has 0 unspecified atom stereocenters. The smallest absolute Gasteiger partial charge is 0.155 e. The van der Waals surface area contributed by atoms with Gasteiger partial charge in [0.05, 0.1) is 13.8 Å². The number of pyridine rings is 1. The van der Waals surface area contributed by atoms with Crippen LogP contribution in [0.5, 0.6) is 0 Å². The van der Waals surface area contributed by atoms with Crippen molar-refractivity contribution in [3.63, 3.8) is 0 Å². The molecule has 1 N–H and O–H groups in total. The van der Waals surface area contributed by atoms with E-state index in [4.69, 9.17) is 14.5 Å². The maximum atomic E-state index is 10.0. The number of aromatic nitrogens is 1. The van der Waals surface area contributed by atoms with Crippen LogP contribution in [0.15, 0.2) is 77.0 Å². The molecule has 2 heterocycles. The number of rotatable bonds is 5. The number of hydrogen-bond acceptors (Lipinski definition) is 4. The summed E-state index contributed by atoms with van der Waals surface area (Å²) in [6.07, 6.45) is 4.09. The summed E-state index contributed by atoms with van der Waals surface area (Å²) in [5.41, 5.74) is 5.00. The molecule has 39 heavy (non-hydrogen) atoms.